The van der Waals surface area contributed by atoms with E-state index in [2.05, 4.69) is 5.10 Å². The summed E-state index contributed by atoms with van der Waals surface area (Å²) in [6, 6.07) is 9.37. The van der Waals surface area contributed by atoms with Crippen LogP contribution in [0.1, 0.15) is 17.2 Å². The normalized spacial score (nSPS) is 12.7. The molecule has 1 heterocycles. The largest absolute Gasteiger partial charge is 0.383 e. The molecule has 78 valence electrons. The Morgan fingerprint density at radius 1 is 1.33 bits per heavy atom. The van der Waals surface area contributed by atoms with Gasteiger partial charge in [-0.3, -0.25) is 4.68 Å². The monoisotopic (exact) mass is 222 g/mol. The lowest BCUT2D eigenvalue weighted by atomic mass is 10.1. The number of benzene rings is 1. The van der Waals surface area contributed by atoms with E-state index in [1.807, 2.05) is 30.3 Å². The molecule has 0 amide bonds. The Balaban J connectivity index is 2.37. The van der Waals surface area contributed by atoms with Crippen LogP contribution < -0.4 is 0 Å². The first-order chi connectivity index (χ1) is 7.20. The van der Waals surface area contributed by atoms with Crippen LogP contribution >= 0.6 is 11.6 Å². The molecule has 1 unspecified atom stereocenters. The number of rotatable bonds is 2. The zero-order valence-corrected chi connectivity index (χ0v) is 9.02. The summed E-state index contributed by atoms with van der Waals surface area (Å²) in [6.07, 6.45) is 0.868. The zero-order chi connectivity index (χ0) is 10.8. The van der Waals surface area contributed by atoms with Gasteiger partial charge in [-0.05, 0) is 5.56 Å². The first-order valence-corrected chi connectivity index (χ1v) is 4.98. The Kier molecular flexibility index (Phi) is 2.75. The fraction of sp³-hybridized carbons (Fsp3) is 0.182. The second-order valence-corrected chi connectivity index (χ2v) is 3.69. The molecule has 0 saturated heterocycles. The quantitative estimate of drug-likeness (QED) is 0.846. The Morgan fingerprint density at radius 3 is 2.53 bits per heavy atom. The molecular weight excluding hydrogens is 212 g/mol. The smallest absolute Gasteiger partial charge is 0.132 e. The van der Waals surface area contributed by atoms with E-state index < -0.39 is 6.10 Å². The van der Waals surface area contributed by atoms with Crippen molar-refractivity contribution in [2.75, 3.05) is 0 Å². The van der Waals surface area contributed by atoms with Gasteiger partial charge in [0.15, 0.2) is 0 Å². The SMILES string of the molecule is Cn1ncc(C(O)c2ccccc2)c1Cl. The summed E-state index contributed by atoms with van der Waals surface area (Å²) < 4.78 is 1.53. The second-order valence-electron chi connectivity index (χ2n) is 3.33. The van der Waals surface area contributed by atoms with Gasteiger partial charge < -0.3 is 5.11 Å². The number of hydrogen-bond acceptors (Lipinski definition) is 2. The summed E-state index contributed by atoms with van der Waals surface area (Å²) in [5, 5.41) is 14.5. The van der Waals surface area contributed by atoms with Gasteiger partial charge in [0, 0.05) is 12.6 Å². The minimum atomic E-state index is -0.715. The van der Waals surface area contributed by atoms with Gasteiger partial charge in [-0.25, -0.2) is 0 Å². The van der Waals surface area contributed by atoms with E-state index in [0.29, 0.717) is 10.7 Å². The Hall–Kier alpha value is -1.32. The van der Waals surface area contributed by atoms with Crippen LogP contribution in [0.15, 0.2) is 36.5 Å². The summed E-state index contributed by atoms with van der Waals surface area (Å²) in [6.45, 7) is 0. The Morgan fingerprint density at radius 2 is 2.00 bits per heavy atom. The lowest BCUT2D eigenvalue weighted by Crippen LogP contribution is -1.99. The lowest BCUT2D eigenvalue weighted by Gasteiger charge is -2.09. The van der Waals surface area contributed by atoms with Gasteiger partial charge in [0.1, 0.15) is 11.3 Å². The molecular formula is C11H11ClN2O. The van der Waals surface area contributed by atoms with Gasteiger partial charge in [-0.2, -0.15) is 5.10 Å². The molecule has 1 N–H and O–H groups in total. The van der Waals surface area contributed by atoms with E-state index in [1.54, 1.807) is 13.2 Å². The van der Waals surface area contributed by atoms with E-state index >= 15 is 0 Å². The molecule has 0 bridgehead atoms. The van der Waals surface area contributed by atoms with Crippen molar-refractivity contribution < 1.29 is 5.11 Å². The zero-order valence-electron chi connectivity index (χ0n) is 8.26. The molecule has 0 aliphatic rings. The number of aliphatic hydroxyl groups is 1. The third-order valence-electron chi connectivity index (χ3n) is 2.30. The van der Waals surface area contributed by atoms with Crippen LogP contribution in [-0.4, -0.2) is 14.9 Å². The van der Waals surface area contributed by atoms with Crippen molar-refractivity contribution in [3.63, 3.8) is 0 Å². The molecule has 15 heavy (non-hydrogen) atoms. The number of aromatic nitrogens is 2. The molecule has 0 saturated carbocycles. The summed E-state index contributed by atoms with van der Waals surface area (Å²) >= 11 is 5.99. The molecule has 2 rings (SSSR count). The van der Waals surface area contributed by atoms with Gasteiger partial charge in [0.25, 0.3) is 0 Å². The van der Waals surface area contributed by atoms with Crippen LogP contribution in [-0.2, 0) is 7.05 Å². The predicted molar refractivity (Wildman–Crippen MR) is 58.7 cm³/mol. The van der Waals surface area contributed by atoms with Crippen molar-refractivity contribution in [3.05, 3.63) is 52.8 Å². The fourth-order valence-electron chi connectivity index (χ4n) is 1.44. The molecule has 3 nitrogen and oxygen atoms in total. The van der Waals surface area contributed by atoms with Crippen LogP contribution in [0.4, 0.5) is 0 Å². The van der Waals surface area contributed by atoms with Crippen molar-refractivity contribution in [1.82, 2.24) is 9.78 Å². The summed E-state index contributed by atoms with van der Waals surface area (Å²) in [7, 11) is 1.74. The molecule has 0 radical (unpaired) electrons. The van der Waals surface area contributed by atoms with Gasteiger partial charge in [0.2, 0.25) is 0 Å². The van der Waals surface area contributed by atoms with Crippen molar-refractivity contribution in [2.45, 2.75) is 6.10 Å². The molecule has 0 aliphatic heterocycles. The third kappa shape index (κ3) is 1.89. The molecule has 2 aromatic rings. The highest BCUT2D eigenvalue weighted by molar-refractivity contribution is 6.30. The van der Waals surface area contributed by atoms with Crippen LogP contribution in [0.25, 0.3) is 0 Å². The van der Waals surface area contributed by atoms with E-state index in [-0.39, 0.29) is 0 Å². The summed E-state index contributed by atoms with van der Waals surface area (Å²) in [5.41, 5.74) is 1.44. The minimum absolute atomic E-state index is 0.464. The highest BCUT2D eigenvalue weighted by atomic mass is 35.5. The van der Waals surface area contributed by atoms with E-state index in [0.717, 1.165) is 5.56 Å². The maximum atomic E-state index is 10.0. The molecule has 0 aliphatic carbocycles. The number of halogens is 1. The standard InChI is InChI=1S/C11H11ClN2O/c1-14-11(12)9(7-13-14)10(15)8-5-3-2-4-6-8/h2-7,10,15H,1H3. The first kappa shape index (κ1) is 10.2. The van der Waals surface area contributed by atoms with Gasteiger partial charge in [-0.1, -0.05) is 41.9 Å². The van der Waals surface area contributed by atoms with Crippen LogP contribution in [0.5, 0.6) is 0 Å². The van der Waals surface area contributed by atoms with Crippen LogP contribution in [0, 0.1) is 0 Å². The van der Waals surface area contributed by atoms with Crippen molar-refractivity contribution in [2.24, 2.45) is 7.05 Å². The van der Waals surface area contributed by atoms with E-state index in [9.17, 15) is 5.11 Å². The third-order valence-corrected chi connectivity index (χ3v) is 2.77. The molecule has 0 spiro atoms. The molecule has 0 fully saturated rings. The topological polar surface area (TPSA) is 38.0 Å². The average molecular weight is 223 g/mol. The van der Waals surface area contributed by atoms with Gasteiger partial charge >= 0.3 is 0 Å². The molecule has 1 aromatic heterocycles. The second kappa shape index (κ2) is 4.04. The number of aliphatic hydroxyl groups excluding tert-OH is 1. The number of aryl methyl sites for hydroxylation is 1. The number of hydrogen-bond donors (Lipinski definition) is 1. The highest BCUT2D eigenvalue weighted by Gasteiger charge is 2.16. The predicted octanol–water partition coefficient (Wildman–Crippen LogP) is 2.16. The maximum Gasteiger partial charge on any atom is 0.132 e. The van der Waals surface area contributed by atoms with Gasteiger partial charge in [0.05, 0.1) is 6.20 Å². The van der Waals surface area contributed by atoms with Crippen molar-refractivity contribution >= 4 is 11.6 Å². The van der Waals surface area contributed by atoms with Crippen molar-refractivity contribution in [3.8, 4) is 0 Å². The maximum absolute atomic E-state index is 10.0. The van der Waals surface area contributed by atoms with Gasteiger partial charge in [-0.15, -0.1) is 0 Å². The number of nitrogens with zero attached hydrogens (tertiary/aromatic N) is 2. The Bertz CT molecular complexity index is 453. The summed E-state index contributed by atoms with van der Waals surface area (Å²) in [4.78, 5) is 0. The van der Waals surface area contributed by atoms with Crippen LogP contribution in [0.2, 0.25) is 5.15 Å². The fourth-order valence-corrected chi connectivity index (χ4v) is 1.63. The lowest BCUT2D eigenvalue weighted by molar-refractivity contribution is 0.220. The minimum Gasteiger partial charge on any atom is -0.383 e. The van der Waals surface area contributed by atoms with Crippen molar-refractivity contribution in [1.29, 1.82) is 0 Å². The first-order valence-electron chi connectivity index (χ1n) is 4.60. The molecule has 1 atom stereocenters. The average Bonchev–Trinajstić information content (AvgIpc) is 2.60. The van der Waals surface area contributed by atoms with Crippen LogP contribution in [0.3, 0.4) is 0 Å². The van der Waals surface area contributed by atoms with E-state index in [4.69, 9.17) is 11.6 Å². The Labute approximate surface area is 92.9 Å². The van der Waals surface area contributed by atoms with E-state index in [1.165, 1.54) is 4.68 Å². The summed E-state index contributed by atoms with van der Waals surface area (Å²) in [5.74, 6) is 0. The molecule has 4 heteroatoms. The molecule has 1 aromatic carbocycles. The highest BCUT2D eigenvalue weighted by Crippen LogP contribution is 2.27.